The fourth-order valence-corrected chi connectivity index (χ4v) is 4.19. The smallest absolute Gasteiger partial charge is 0.123 e. The molecule has 3 rings (SSSR count). The minimum Gasteiger partial charge on any atom is -0.507 e. The molecule has 3 nitrogen and oxygen atoms in total. The standard InChI is InChI=1S/C15H16Cl2N2OS.2ClH/c16-10-8-11(17)14(12(20)9-10)15(13-2-1-7-21-13)19-5-3-18-4-6-19;;/h1-2,7-9,15,18,20H,3-6H2;2*1H/t15-;;/m1../s1. The van der Waals surface area contributed by atoms with E-state index in [2.05, 4.69) is 16.3 Å². The lowest BCUT2D eigenvalue weighted by molar-refractivity contribution is 0.198. The lowest BCUT2D eigenvalue weighted by atomic mass is 10.0. The summed E-state index contributed by atoms with van der Waals surface area (Å²) in [5.41, 5.74) is 0.741. The lowest BCUT2D eigenvalue weighted by Crippen LogP contribution is -2.45. The molecule has 0 unspecified atom stereocenters. The van der Waals surface area contributed by atoms with Crippen molar-refractivity contribution in [2.45, 2.75) is 6.04 Å². The number of hydrogen-bond acceptors (Lipinski definition) is 4. The SMILES string of the molecule is Cl.Cl.Oc1cc(Cl)cc(Cl)c1[C@@H](c1cccs1)N1CCNCC1. The van der Waals surface area contributed by atoms with E-state index in [0.717, 1.165) is 31.7 Å². The first-order valence-corrected chi connectivity index (χ1v) is 8.46. The molecule has 1 fully saturated rings. The molecule has 1 aliphatic rings. The number of halogens is 4. The fraction of sp³-hybridized carbons (Fsp3) is 0.333. The van der Waals surface area contributed by atoms with Crippen LogP contribution in [0.3, 0.4) is 0 Å². The highest BCUT2D eigenvalue weighted by Crippen LogP contribution is 2.42. The summed E-state index contributed by atoms with van der Waals surface area (Å²) in [5.74, 6) is 0.157. The fourth-order valence-electron chi connectivity index (χ4n) is 2.73. The van der Waals surface area contributed by atoms with Crippen LogP contribution in [0.5, 0.6) is 5.75 Å². The Kier molecular flexibility index (Phi) is 8.45. The van der Waals surface area contributed by atoms with Gasteiger partial charge < -0.3 is 10.4 Å². The third-order valence-corrected chi connectivity index (χ3v) is 5.13. The zero-order valence-corrected chi connectivity index (χ0v) is 16.1. The Hall–Kier alpha value is -0.200. The third kappa shape index (κ3) is 4.67. The Morgan fingerprint density at radius 1 is 1.17 bits per heavy atom. The van der Waals surface area contributed by atoms with Crippen LogP contribution in [0.4, 0.5) is 0 Å². The van der Waals surface area contributed by atoms with Crippen LogP contribution < -0.4 is 5.32 Å². The molecule has 1 atom stereocenters. The maximum absolute atomic E-state index is 10.4. The summed E-state index contributed by atoms with van der Waals surface area (Å²) < 4.78 is 0. The van der Waals surface area contributed by atoms with Crippen molar-refractivity contribution in [2.75, 3.05) is 26.2 Å². The van der Waals surface area contributed by atoms with Crippen molar-refractivity contribution < 1.29 is 5.11 Å². The molecule has 0 radical (unpaired) electrons. The Balaban J connectivity index is 0.00000132. The molecule has 23 heavy (non-hydrogen) atoms. The number of aromatic hydroxyl groups is 1. The maximum atomic E-state index is 10.4. The number of piperazine rings is 1. The number of rotatable bonds is 3. The molecule has 0 aliphatic carbocycles. The van der Waals surface area contributed by atoms with Gasteiger partial charge in [-0.2, -0.15) is 0 Å². The molecule has 0 saturated carbocycles. The molecule has 1 aromatic heterocycles. The van der Waals surface area contributed by atoms with E-state index in [9.17, 15) is 5.11 Å². The van der Waals surface area contributed by atoms with Gasteiger partial charge in [0.15, 0.2) is 0 Å². The molecule has 128 valence electrons. The number of phenolic OH excluding ortho intramolecular Hbond substituents is 1. The van der Waals surface area contributed by atoms with Crippen molar-refractivity contribution in [3.05, 3.63) is 50.1 Å². The van der Waals surface area contributed by atoms with Crippen LogP contribution in [0.15, 0.2) is 29.6 Å². The van der Waals surface area contributed by atoms with Crippen molar-refractivity contribution in [3.63, 3.8) is 0 Å². The summed E-state index contributed by atoms with van der Waals surface area (Å²) in [4.78, 5) is 3.52. The Labute approximate surface area is 162 Å². The van der Waals surface area contributed by atoms with E-state index in [-0.39, 0.29) is 36.6 Å². The molecule has 1 aromatic carbocycles. The summed E-state index contributed by atoms with van der Waals surface area (Å²) in [6.45, 7) is 3.71. The number of phenols is 1. The van der Waals surface area contributed by atoms with Crippen LogP contribution >= 0.6 is 59.4 Å². The van der Waals surface area contributed by atoms with Crippen molar-refractivity contribution in [1.29, 1.82) is 0 Å². The molecule has 2 heterocycles. The minimum atomic E-state index is -0.0307. The topological polar surface area (TPSA) is 35.5 Å². The molecule has 2 N–H and O–H groups in total. The Morgan fingerprint density at radius 3 is 2.43 bits per heavy atom. The quantitative estimate of drug-likeness (QED) is 0.768. The predicted octanol–water partition coefficient (Wildman–Crippen LogP) is 4.60. The van der Waals surface area contributed by atoms with Crippen molar-refractivity contribution >= 4 is 59.4 Å². The minimum absolute atomic E-state index is 0. The van der Waals surface area contributed by atoms with Crippen molar-refractivity contribution in [1.82, 2.24) is 10.2 Å². The van der Waals surface area contributed by atoms with Gasteiger partial charge in [0.25, 0.3) is 0 Å². The van der Waals surface area contributed by atoms with E-state index < -0.39 is 0 Å². The van der Waals surface area contributed by atoms with Gasteiger partial charge in [0.2, 0.25) is 0 Å². The first-order valence-electron chi connectivity index (χ1n) is 6.83. The summed E-state index contributed by atoms with van der Waals surface area (Å²) in [5, 5.41) is 16.7. The number of hydrogen-bond donors (Lipinski definition) is 2. The van der Waals surface area contributed by atoms with Gasteiger partial charge in [0.05, 0.1) is 11.1 Å². The highest BCUT2D eigenvalue weighted by atomic mass is 35.5. The molecule has 1 saturated heterocycles. The van der Waals surface area contributed by atoms with E-state index in [0.29, 0.717) is 10.0 Å². The second-order valence-electron chi connectivity index (χ2n) is 5.02. The molecular weight excluding hydrogens is 398 g/mol. The molecule has 2 aromatic rings. The summed E-state index contributed by atoms with van der Waals surface area (Å²) in [6.07, 6.45) is 0. The number of benzene rings is 1. The van der Waals surface area contributed by atoms with E-state index in [1.54, 1.807) is 23.5 Å². The van der Waals surface area contributed by atoms with Crippen molar-refractivity contribution in [3.8, 4) is 5.75 Å². The molecule has 0 amide bonds. The van der Waals surface area contributed by atoms with Gasteiger partial charge in [-0.05, 0) is 23.6 Å². The van der Waals surface area contributed by atoms with Gasteiger partial charge in [-0.1, -0.05) is 29.3 Å². The number of nitrogens with one attached hydrogen (secondary N) is 1. The van der Waals surface area contributed by atoms with E-state index >= 15 is 0 Å². The Bertz CT molecular complexity index is 595. The second-order valence-corrected chi connectivity index (χ2v) is 6.85. The molecular formula is C15H18Cl4N2OS. The van der Waals surface area contributed by atoms with Crippen LogP contribution in [-0.2, 0) is 0 Å². The van der Waals surface area contributed by atoms with Crippen LogP contribution in [0.1, 0.15) is 16.5 Å². The average Bonchev–Trinajstić information content (AvgIpc) is 2.97. The summed E-state index contributed by atoms with van der Waals surface area (Å²) in [6, 6.07) is 7.33. The van der Waals surface area contributed by atoms with E-state index in [4.69, 9.17) is 23.2 Å². The lowest BCUT2D eigenvalue weighted by Gasteiger charge is -2.35. The van der Waals surface area contributed by atoms with E-state index in [1.165, 1.54) is 4.88 Å². The maximum Gasteiger partial charge on any atom is 0.123 e. The third-order valence-electron chi connectivity index (χ3n) is 3.68. The second kappa shape index (κ2) is 9.33. The predicted molar refractivity (Wildman–Crippen MR) is 103 cm³/mol. The van der Waals surface area contributed by atoms with Crippen LogP contribution in [0, 0.1) is 0 Å². The highest BCUT2D eigenvalue weighted by molar-refractivity contribution is 7.10. The van der Waals surface area contributed by atoms with Gasteiger partial charge in [-0.25, -0.2) is 0 Å². The highest BCUT2D eigenvalue weighted by Gasteiger charge is 2.29. The first kappa shape index (κ1) is 20.8. The van der Waals surface area contributed by atoms with Gasteiger partial charge in [0, 0.05) is 41.6 Å². The molecule has 0 bridgehead atoms. The normalized spacial score (nSPS) is 16.3. The van der Waals surface area contributed by atoms with Gasteiger partial charge in [-0.15, -0.1) is 36.2 Å². The van der Waals surface area contributed by atoms with Crippen LogP contribution in [0.25, 0.3) is 0 Å². The number of thiophene rings is 1. The van der Waals surface area contributed by atoms with Crippen LogP contribution in [-0.4, -0.2) is 36.2 Å². The average molecular weight is 416 g/mol. The van der Waals surface area contributed by atoms with Gasteiger partial charge in [0.1, 0.15) is 5.75 Å². The summed E-state index contributed by atoms with van der Waals surface area (Å²) >= 11 is 14.0. The molecule has 8 heteroatoms. The largest absolute Gasteiger partial charge is 0.507 e. The van der Waals surface area contributed by atoms with Crippen molar-refractivity contribution in [2.24, 2.45) is 0 Å². The van der Waals surface area contributed by atoms with Gasteiger partial charge in [-0.3, -0.25) is 4.90 Å². The number of nitrogens with zero attached hydrogens (tertiary/aromatic N) is 1. The Morgan fingerprint density at radius 2 is 1.87 bits per heavy atom. The zero-order valence-electron chi connectivity index (χ0n) is 12.2. The zero-order chi connectivity index (χ0) is 14.8. The van der Waals surface area contributed by atoms with Crippen LogP contribution in [0.2, 0.25) is 10.0 Å². The van der Waals surface area contributed by atoms with E-state index in [1.807, 2.05) is 11.4 Å². The summed E-state index contributed by atoms with van der Waals surface area (Å²) in [7, 11) is 0. The molecule has 1 aliphatic heterocycles. The monoisotopic (exact) mass is 414 g/mol. The van der Waals surface area contributed by atoms with Gasteiger partial charge >= 0.3 is 0 Å². The molecule has 0 spiro atoms. The first-order chi connectivity index (χ1) is 10.2.